The van der Waals surface area contributed by atoms with E-state index in [-0.39, 0.29) is 23.7 Å². The van der Waals surface area contributed by atoms with Crippen LogP contribution in [0.5, 0.6) is 0 Å². The molecule has 104 heavy (non-hydrogen) atoms. The second kappa shape index (κ2) is 52.7. The third-order valence-electron chi connectivity index (χ3n) is 24.0. The maximum absolute atomic E-state index is 11.5. The van der Waals surface area contributed by atoms with Gasteiger partial charge in [0.1, 0.15) is 0 Å². The van der Waals surface area contributed by atoms with Crippen LogP contribution < -0.4 is 5.32 Å². The summed E-state index contributed by atoms with van der Waals surface area (Å²) < 4.78 is 25.9. The molecular formula is C88H171N7O9. The van der Waals surface area contributed by atoms with Crippen molar-refractivity contribution in [3.8, 4) is 0 Å². The molecule has 3 saturated carbocycles. The van der Waals surface area contributed by atoms with E-state index in [0.717, 1.165) is 180 Å². The van der Waals surface area contributed by atoms with Gasteiger partial charge in [0.2, 0.25) is 23.6 Å². The second-order valence-electron chi connectivity index (χ2n) is 37.3. The van der Waals surface area contributed by atoms with Crippen LogP contribution in [0, 0.1) is 106 Å². The van der Waals surface area contributed by atoms with Crippen LogP contribution in [0.4, 0.5) is 0 Å². The number of piperidine rings is 1. The van der Waals surface area contributed by atoms with Crippen molar-refractivity contribution in [2.75, 3.05) is 158 Å². The fraction of sp³-hybridized carbons (Fsp3) is 0.955. The lowest BCUT2D eigenvalue weighted by molar-refractivity contribution is -0.138. The van der Waals surface area contributed by atoms with E-state index in [2.05, 4.69) is 147 Å². The summed E-state index contributed by atoms with van der Waals surface area (Å²) in [4.78, 5) is 58.4. The predicted molar refractivity (Wildman–Crippen MR) is 435 cm³/mol. The summed E-state index contributed by atoms with van der Waals surface area (Å²) in [5.74, 6) is 14.2. The molecule has 3 unspecified atom stereocenters. The van der Waals surface area contributed by atoms with Crippen molar-refractivity contribution in [1.29, 1.82) is 0 Å². The number of carbonyl (C=O) groups excluding carboxylic acids is 4. The second-order valence-corrected chi connectivity index (χ2v) is 37.3. The largest absolute Gasteiger partial charge is 0.381 e. The smallest absolute Gasteiger partial charge is 0.225 e. The lowest BCUT2D eigenvalue weighted by Crippen LogP contribution is -2.49. The lowest BCUT2D eigenvalue weighted by atomic mass is 9.50. The Labute approximate surface area is 642 Å². The van der Waals surface area contributed by atoms with Crippen LogP contribution >= 0.6 is 0 Å². The first kappa shape index (κ1) is 95.8. The Bertz CT molecular complexity index is 2080. The average Bonchev–Trinajstić information content (AvgIpc) is 0.987. The van der Waals surface area contributed by atoms with Crippen molar-refractivity contribution >= 4 is 23.6 Å². The molecule has 612 valence electrons. The highest BCUT2D eigenvalue weighted by atomic mass is 16.5. The van der Waals surface area contributed by atoms with Crippen LogP contribution in [0.25, 0.3) is 0 Å². The molecule has 0 aromatic heterocycles. The first-order valence-electron chi connectivity index (χ1n) is 43.4. The molecule has 10 aliphatic heterocycles. The van der Waals surface area contributed by atoms with E-state index in [1.54, 1.807) is 25.7 Å². The van der Waals surface area contributed by atoms with E-state index in [1.807, 2.05) is 47.3 Å². The molecule has 1 N–H and O–H groups in total. The van der Waals surface area contributed by atoms with Gasteiger partial charge in [0, 0.05) is 135 Å². The molecular weight excluding hydrogens is 1300 g/mol. The van der Waals surface area contributed by atoms with Gasteiger partial charge in [0.05, 0.1) is 45.7 Å². The van der Waals surface area contributed by atoms with Gasteiger partial charge < -0.3 is 53.5 Å². The Kier molecular flexibility index (Phi) is 48.5. The number of amides is 4. The van der Waals surface area contributed by atoms with Gasteiger partial charge in [-0.05, 0) is 205 Å². The molecule has 16 nitrogen and oxygen atoms in total. The molecule has 16 heteroatoms. The number of nitrogens with one attached hydrogen (secondary N) is 1. The molecule has 3 atom stereocenters. The summed E-state index contributed by atoms with van der Waals surface area (Å²) in [6, 6.07) is 1.01. The summed E-state index contributed by atoms with van der Waals surface area (Å²) >= 11 is 0. The minimum absolute atomic E-state index is 0.119. The molecule has 0 aromatic carbocycles. The monoisotopic (exact) mass is 1470 g/mol. The van der Waals surface area contributed by atoms with Gasteiger partial charge in [-0.25, -0.2) is 0 Å². The first-order valence-corrected chi connectivity index (χ1v) is 43.4. The van der Waals surface area contributed by atoms with Crippen molar-refractivity contribution in [3.63, 3.8) is 0 Å². The minimum Gasteiger partial charge on any atom is -0.381 e. The van der Waals surface area contributed by atoms with Crippen molar-refractivity contribution in [3.05, 3.63) is 0 Å². The van der Waals surface area contributed by atoms with E-state index in [4.69, 9.17) is 23.7 Å². The van der Waals surface area contributed by atoms with Gasteiger partial charge in [-0.15, -0.1) is 0 Å². The van der Waals surface area contributed by atoms with Crippen molar-refractivity contribution in [1.82, 2.24) is 34.7 Å². The predicted octanol–water partition coefficient (Wildman–Crippen LogP) is 16.9. The number of nitrogens with zero attached hydrogens (tertiary/aromatic N) is 6. The topological polar surface area (TPSA) is 146 Å². The van der Waals surface area contributed by atoms with E-state index in [1.165, 1.54) is 116 Å². The molecule has 1 spiro atoms. The van der Waals surface area contributed by atoms with E-state index >= 15 is 0 Å². The minimum atomic E-state index is 0.119. The quantitative estimate of drug-likeness (QED) is 0.177. The van der Waals surface area contributed by atoms with Crippen LogP contribution in [-0.4, -0.2) is 223 Å². The van der Waals surface area contributed by atoms with Crippen LogP contribution in [0.1, 0.15) is 268 Å². The average molecular weight is 1470 g/mol. The number of likely N-dealkylation sites (tertiary alicyclic amines) is 4. The Hall–Kier alpha value is -2.44. The zero-order valence-corrected chi connectivity index (χ0v) is 72.3. The van der Waals surface area contributed by atoms with Crippen LogP contribution in [0.3, 0.4) is 0 Å². The van der Waals surface area contributed by atoms with Gasteiger partial charge in [0.25, 0.3) is 0 Å². The van der Waals surface area contributed by atoms with Gasteiger partial charge in [-0.2, -0.15) is 0 Å². The maximum Gasteiger partial charge on any atom is 0.225 e. The van der Waals surface area contributed by atoms with Gasteiger partial charge in [0.15, 0.2) is 0 Å². The van der Waals surface area contributed by atoms with Gasteiger partial charge in [-0.1, -0.05) is 159 Å². The Morgan fingerprint density at radius 2 is 0.808 bits per heavy atom. The zero-order chi connectivity index (χ0) is 77.5. The fourth-order valence-corrected chi connectivity index (χ4v) is 14.9. The fourth-order valence-electron chi connectivity index (χ4n) is 14.9. The van der Waals surface area contributed by atoms with Crippen molar-refractivity contribution in [2.24, 2.45) is 106 Å². The van der Waals surface area contributed by atoms with E-state index in [0.29, 0.717) is 62.6 Å². The molecule has 0 bridgehead atoms. The van der Waals surface area contributed by atoms with Crippen LogP contribution in [-0.2, 0) is 42.9 Å². The molecule has 13 fully saturated rings. The van der Waals surface area contributed by atoms with Crippen molar-refractivity contribution in [2.45, 2.75) is 280 Å². The SMILES string of the molecule is CC(C)C(=O)N1CCCC1.CC(C)C(=O)N1CCOCC1.CC(C)C1CC2(CCC2)C1.CC(C)C1CCCO1.CC(C)C1CCNC1.CC(C)C1CCOC1.CC(C)C1CN(C)C1.CC(C)C1CN(C2CC2)C1.CC(C)C1COC1.CC(C)CC(=O)N1CCCCC1.CC(C)CC(=O)N1CCOCC1. The molecule has 3 aliphatic carbocycles. The highest BCUT2D eigenvalue weighted by Gasteiger charge is 2.48. The van der Waals surface area contributed by atoms with E-state index < -0.39 is 0 Å². The molecule has 10 heterocycles. The highest BCUT2D eigenvalue weighted by Crippen LogP contribution is 2.60. The summed E-state index contributed by atoms with van der Waals surface area (Å²) in [5.41, 5.74) is 0.898. The van der Waals surface area contributed by atoms with Gasteiger partial charge in [-0.3, -0.25) is 24.1 Å². The summed E-state index contributed by atoms with van der Waals surface area (Å²) in [6.45, 7) is 70.9. The summed E-state index contributed by atoms with van der Waals surface area (Å²) in [7, 11) is 2.18. The van der Waals surface area contributed by atoms with Crippen LogP contribution in [0.15, 0.2) is 0 Å². The lowest BCUT2D eigenvalue weighted by Gasteiger charge is -2.55. The number of rotatable bonds is 14. The zero-order valence-electron chi connectivity index (χ0n) is 72.3. The third-order valence-corrected chi connectivity index (χ3v) is 24.0. The third kappa shape index (κ3) is 39.5. The van der Waals surface area contributed by atoms with Crippen LogP contribution in [0.2, 0.25) is 0 Å². The van der Waals surface area contributed by atoms with Gasteiger partial charge >= 0.3 is 0 Å². The normalized spacial score (nSPS) is 24.0. The molecule has 0 aromatic rings. The van der Waals surface area contributed by atoms with Crippen molar-refractivity contribution < 1.29 is 42.9 Å². The molecule has 0 radical (unpaired) electrons. The number of morpholine rings is 2. The Balaban J connectivity index is 0.000000298. The first-order chi connectivity index (χ1) is 49.2. The number of hydrogen-bond donors (Lipinski definition) is 1. The molecule has 13 rings (SSSR count). The molecule has 10 saturated heterocycles. The standard InChI is InChI=1S/C10H19NO.C10H18.C9H17NO2.C9H17N.C8H15NO2.C8H15NO.2C7H15N.2C7H14O.C6H12O/c1-9(2)8-10(12)11-6-4-3-5-7-11;1-8(2)9-6-10(7-9)4-3-5-10;1-8(2)7-9(11)10-3-5-12-6-4-10;1-7(2)8-5-10(6-8)9-3-4-9;1-7(2)8(10)9-3-5-11-6-4-9;1-7(2)8(10)9-5-3-4-6-9;1-6(2)7-4-8(3)5-7;2*1-6(2)7-3-4-8-5-7;1-6(2)7-4-3-5-8-7;1-5(2)6-3-7-4-6/h9H,3-8H2,1-2H3;8-9H,3-7H2,1-2H3;8H,3-7H2,1-2H3;7-9H,3-6H2,1-2H3;7H,3-6H2,1-2H3;7H,3-6H2,1-2H3;6-7H,4-5H2,1-3H3;6-8H,3-5H2,1-2H3;2*6-7H,3-5H2,1-2H3;5-6H,3-4H2,1-2H3. The maximum atomic E-state index is 11.5. The summed E-state index contributed by atoms with van der Waals surface area (Å²) in [6.07, 6.45) is 23.9. The summed E-state index contributed by atoms with van der Waals surface area (Å²) in [5, 5.41) is 3.35. The number of ether oxygens (including phenoxy) is 5. The Morgan fingerprint density at radius 1 is 0.385 bits per heavy atom. The Morgan fingerprint density at radius 3 is 1.10 bits per heavy atom. The molecule has 4 amide bonds. The number of carbonyl (C=O) groups is 4. The number of hydrogen-bond acceptors (Lipinski definition) is 12. The highest BCUT2D eigenvalue weighted by molar-refractivity contribution is 5.79. The molecule has 13 aliphatic rings. The van der Waals surface area contributed by atoms with E-state index in [9.17, 15) is 19.2 Å².